The van der Waals surface area contributed by atoms with Crippen LogP contribution >= 0.6 is 0 Å². The van der Waals surface area contributed by atoms with Crippen molar-refractivity contribution in [2.75, 3.05) is 0 Å². The van der Waals surface area contributed by atoms with Crippen molar-refractivity contribution in [2.45, 2.75) is 164 Å². The fourth-order valence-corrected chi connectivity index (χ4v) is 7.15. The van der Waals surface area contributed by atoms with E-state index < -0.39 is 110 Å². The summed E-state index contributed by atoms with van der Waals surface area (Å²) in [6.07, 6.45) is 2.99. The van der Waals surface area contributed by atoms with Gasteiger partial charge in [-0.05, 0) is 32.6 Å². The number of carbonyl (C=O) groups excluding carboxylic acids is 2. The Morgan fingerprint density at radius 2 is 1.67 bits per heavy atom. The first-order valence-electron chi connectivity index (χ1n) is 19.1. The largest absolute Gasteiger partial charge is 0.481 e. The molecule has 15 heteroatoms. The number of allylic oxidation sites excluding steroid dienone is 6. The molecule has 0 aromatic heterocycles. The van der Waals surface area contributed by atoms with Gasteiger partial charge >= 0.3 is 11.9 Å². The molecule has 2 fully saturated rings. The van der Waals surface area contributed by atoms with Gasteiger partial charge < -0.3 is 60.4 Å². The Kier molecular flexibility index (Phi) is 18.6. The van der Waals surface area contributed by atoms with Crippen LogP contribution in [0.2, 0.25) is 0 Å². The Morgan fingerprint density at radius 1 is 0.981 bits per heavy atom. The average Bonchev–Trinajstić information content (AvgIpc) is 3.08. The van der Waals surface area contributed by atoms with E-state index in [2.05, 4.69) is 0 Å². The minimum atomic E-state index is -2.15. The van der Waals surface area contributed by atoms with Crippen LogP contribution in [0.4, 0.5) is 0 Å². The summed E-state index contributed by atoms with van der Waals surface area (Å²) in [5.74, 6) is -6.81. The van der Waals surface area contributed by atoms with Crippen molar-refractivity contribution in [1.29, 1.82) is 0 Å². The number of carbonyl (C=O) groups is 3. The number of ketones is 1. The molecular formula is C39H61NO14. The maximum atomic E-state index is 13.0. The topological polar surface area (TPSA) is 256 Å². The third-order valence-corrected chi connectivity index (χ3v) is 10.2. The van der Waals surface area contributed by atoms with E-state index in [4.69, 9.17) is 24.7 Å². The lowest BCUT2D eigenvalue weighted by atomic mass is 9.83. The van der Waals surface area contributed by atoms with Crippen molar-refractivity contribution in [3.63, 3.8) is 0 Å². The second-order valence-electron chi connectivity index (χ2n) is 14.7. The van der Waals surface area contributed by atoms with Crippen LogP contribution in [0.3, 0.4) is 0 Å². The van der Waals surface area contributed by atoms with Crippen LogP contribution in [0.5, 0.6) is 0 Å². The molecule has 2 saturated heterocycles. The molecule has 54 heavy (non-hydrogen) atoms. The highest BCUT2D eigenvalue weighted by Crippen LogP contribution is 2.38. The Hall–Kier alpha value is -2.83. The van der Waals surface area contributed by atoms with Crippen LogP contribution in [-0.4, -0.2) is 127 Å². The number of esters is 1. The first kappa shape index (κ1) is 45.6. The molecule has 3 aliphatic rings. The lowest BCUT2D eigenvalue weighted by molar-refractivity contribution is -0.308. The highest BCUT2D eigenvalue weighted by Gasteiger charge is 2.50. The van der Waals surface area contributed by atoms with Crippen molar-refractivity contribution < 1.29 is 69.1 Å². The number of carboxylic acids is 1. The van der Waals surface area contributed by atoms with E-state index in [9.17, 15) is 50.1 Å². The first-order valence-corrected chi connectivity index (χ1v) is 19.1. The summed E-state index contributed by atoms with van der Waals surface area (Å²) >= 11 is 0. The minimum Gasteiger partial charge on any atom is -0.481 e. The Bertz CT molecular complexity index is 1320. The third kappa shape index (κ3) is 13.7. The molecule has 1 unspecified atom stereocenters. The minimum absolute atomic E-state index is 0.0177. The van der Waals surface area contributed by atoms with Gasteiger partial charge in [0.1, 0.15) is 23.9 Å². The monoisotopic (exact) mass is 767 g/mol. The molecular weight excluding hydrogens is 706 g/mol. The van der Waals surface area contributed by atoms with Gasteiger partial charge in [-0.2, -0.15) is 0 Å². The van der Waals surface area contributed by atoms with Gasteiger partial charge in [-0.15, -0.1) is 0 Å². The van der Waals surface area contributed by atoms with Crippen molar-refractivity contribution in [2.24, 2.45) is 17.6 Å². The molecule has 3 aliphatic heterocycles. The average molecular weight is 768 g/mol. The van der Waals surface area contributed by atoms with Crippen LogP contribution < -0.4 is 5.73 Å². The standard InChI is InChI=1S/C39H61NO14/c1-4-14-26-17-11-9-7-6-8-10-12-18-27(53-38-35(46)33(40)34(45)23(3)51-38)20-31-32(36(47)48)30(44)22-39(50,54-31)21-25(42)16-13-15-24(41)19-29(43)28(5-2)37(49)52-26/h6-12,18,23,25-35,38,42-46,50H,4-5,13-17,19-22,40H2,1-3H3,(H,47,48)/b7-6+,10-8+,11-9+,18-12+/t23-,25+,26+,27+,28+,29-,30+,31?,32-,33+,34-,35+,38+,39-/m1/s1. The molecule has 0 radical (unpaired) electrons. The summed E-state index contributed by atoms with van der Waals surface area (Å²) in [6.45, 7) is 5.27. The number of rotatable bonds is 6. The number of fused-ring (bicyclic) bond motifs is 2. The SMILES string of the molecule is CCC[C@H]1C/C=C/C=C/C=C/C=C/[C@H](O[C@@H]2O[C@H](C)[C@@H](O)[C@H](N)[C@@H]2O)CC2O[C@](O)(C[C@@H](O)CCCC(=O)C[C@@H](O)[C@H](CC)C(=O)O1)C[C@H](O)[C@H]2C(=O)O. The lowest BCUT2D eigenvalue weighted by Crippen LogP contribution is -2.61. The fourth-order valence-electron chi connectivity index (χ4n) is 7.15. The highest BCUT2D eigenvalue weighted by atomic mass is 16.7. The molecule has 14 atom stereocenters. The zero-order valence-electron chi connectivity index (χ0n) is 31.5. The van der Waals surface area contributed by atoms with Gasteiger partial charge in [-0.25, -0.2) is 0 Å². The molecule has 0 aromatic rings. The molecule has 3 rings (SSSR count). The normalized spacial score (nSPS) is 42.3. The van der Waals surface area contributed by atoms with E-state index >= 15 is 0 Å². The summed E-state index contributed by atoms with van der Waals surface area (Å²) in [5.41, 5.74) is 6.00. The fraction of sp³-hybridized carbons (Fsp3) is 0.718. The van der Waals surface area contributed by atoms with Gasteiger partial charge in [0.05, 0.1) is 54.7 Å². The highest BCUT2D eigenvalue weighted by molar-refractivity contribution is 5.80. The zero-order chi connectivity index (χ0) is 40.0. The number of aliphatic hydroxyl groups is 6. The van der Waals surface area contributed by atoms with E-state index in [1.165, 1.54) is 0 Å². The van der Waals surface area contributed by atoms with Crippen molar-refractivity contribution in [1.82, 2.24) is 0 Å². The quantitative estimate of drug-likeness (QED) is 0.179. The number of hydrogen-bond donors (Lipinski definition) is 8. The van der Waals surface area contributed by atoms with Gasteiger partial charge in [-0.1, -0.05) is 68.9 Å². The zero-order valence-corrected chi connectivity index (χ0v) is 31.5. The molecule has 0 aromatic carbocycles. The Labute approximate surface area is 317 Å². The summed E-state index contributed by atoms with van der Waals surface area (Å²) < 4.78 is 23.4. The first-order chi connectivity index (χ1) is 25.6. The van der Waals surface area contributed by atoms with Crippen LogP contribution in [0, 0.1) is 11.8 Å². The third-order valence-electron chi connectivity index (χ3n) is 10.2. The van der Waals surface area contributed by atoms with Crippen LogP contribution in [0.15, 0.2) is 48.6 Å². The van der Waals surface area contributed by atoms with E-state index in [-0.39, 0.29) is 44.3 Å². The van der Waals surface area contributed by atoms with E-state index in [1.54, 1.807) is 56.4 Å². The van der Waals surface area contributed by atoms with E-state index in [1.807, 2.05) is 13.0 Å². The maximum Gasteiger partial charge on any atom is 0.311 e. The Morgan fingerprint density at radius 3 is 2.33 bits per heavy atom. The molecule has 3 heterocycles. The van der Waals surface area contributed by atoms with Gasteiger partial charge in [0.2, 0.25) is 0 Å². The molecule has 0 aliphatic carbocycles. The summed E-state index contributed by atoms with van der Waals surface area (Å²) in [6, 6.07) is -1.10. The summed E-state index contributed by atoms with van der Waals surface area (Å²) in [7, 11) is 0. The molecule has 0 saturated carbocycles. The number of Topliss-reactive ketones (excluding diaryl/α,β-unsaturated/α-hetero) is 1. The smallest absolute Gasteiger partial charge is 0.311 e. The number of cyclic esters (lactones) is 1. The van der Waals surface area contributed by atoms with E-state index in [0.29, 0.717) is 12.8 Å². The lowest BCUT2D eigenvalue weighted by Gasteiger charge is -2.45. The van der Waals surface area contributed by atoms with Gasteiger partial charge in [-0.3, -0.25) is 14.4 Å². The van der Waals surface area contributed by atoms with E-state index in [0.717, 1.165) is 6.42 Å². The Balaban J connectivity index is 1.90. The predicted molar refractivity (Wildman–Crippen MR) is 195 cm³/mol. The second-order valence-corrected chi connectivity index (χ2v) is 14.7. The maximum absolute atomic E-state index is 13.0. The molecule has 0 spiro atoms. The van der Waals surface area contributed by atoms with Crippen LogP contribution in [0.1, 0.15) is 91.4 Å². The summed E-state index contributed by atoms with van der Waals surface area (Å²) in [5, 5.41) is 75.1. The number of carboxylic acid groups (broad SMARTS) is 1. The van der Waals surface area contributed by atoms with Crippen LogP contribution in [-0.2, 0) is 33.3 Å². The van der Waals surface area contributed by atoms with Crippen molar-refractivity contribution in [3.05, 3.63) is 48.6 Å². The number of nitrogens with two attached hydrogens (primary N) is 1. The molecule has 0 amide bonds. The number of ether oxygens (including phenoxy) is 4. The second kappa shape index (κ2) is 22.0. The van der Waals surface area contributed by atoms with Gasteiger partial charge in [0, 0.05) is 38.5 Å². The van der Waals surface area contributed by atoms with Crippen molar-refractivity contribution >= 4 is 17.7 Å². The molecule has 2 bridgehead atoms. The number of hydrogen-bond acceptors (Lipinski definition) is 14. The predicted octanol–water partition coefficient (Wildman–Crippen LogP) is 1.70. The molecule has 306 valence electrons. The van der Waals surface area contributed by atoms with Crippen LogP contribution in [0.25, 0.3) is 0 Å². The van der Waals surface area contributed by atoms with Gasteiger partial charge in [0.25, 0.3) is 0 Å². The number of aliphatic hydroxyl groups excluding tert-OH is 5. The molecule has 9 N–H and O–H groups in total. The van der Waals surface area contributed by atoms with Crippen molar-refractivity contribution in [3.8, 4) is 0 Å². The summed E-state index contributed by atoms with van der Waals surface area (Å²) in [4.78, 5) is 38.2. The number of aliphatic carboxylic acids is 1. The molecule has 15 nitrogen and oxygen atoms in total. The van der Waals surface area contributed by atoms with Gasteiger partial charge in [0.15, 0.2) is 12.1 Å².